The van der Waals surface area contributed by atoms with E-state index < -0.39 is 17.9 Å². The number of carbonyl (C=O) groups is 2. The maximum absolute atomic E-state index is 12.1. The van der Waals surface area contributed by atoms with Crippen LogP contribution < -0.4 is 20.3 Å². The second-order valence-electron chi connectivity index (χ2n) is 6.51. The maximum Gasteiger partial charge on any atom is 0.279 e. The van der Waals surface area contributed by atoms with Crippen molar-refractivity contribution in [2.45, 2.75) is 32.8 Å². The number of hydrogen-bond donors (Lipinski definition) is 2. The Kier molecular flexibility index (Phi) is 8.61. The second-order valence-corrected chi connectivity index (χ2v) is 8.20. The van der Waals surface area contributed by atoms with E-state index in [9.17, 15) is 9.59 Å². The van der Waals surface area contributed by atoms with Gasteiger partial charge in [-0.15, -0.1) is 0 Å². The van der Waals surface area contributed by atoms with E-state index in [1.54, 1.807) is 18.2 Å². The molecule has 0 saturated carbocycles. The van der Waals surface area contributed by atoms with Gasteiger partial charge in [0.2, 0.25) is 0 Å². The van der Waals surface area contributed by atoms with Gasteiger partial charge in [0.1, 0.15) is 11.5 Å². The number of ether oxygens (including phenoxy) is 2. The van der Waals surface area contributed by atoms with Crippen molar-refractivity contribution in [2.24, 2.45) is 0 Å². The molecule has 1 atom stereocenters. The predicted octanol–water partition coefficient (Wildman–Crippen LogP) is 4.87. The molecular weight excluding hydrogens is 483 g/mol. The van der Waals surface area contributed by atoms with Gasteiger partial charge in [0.05, 0.1) is 9.50 Å². The molecule has 0 saturated heterocycles. The van der Waals surface area contributed by atoms with E-state index in [2.05, 4.69) is 40.6 Å². The first kappa shape index (κ1) is 23.3. The fourth-order valence-electron chi connectivity index (χ4n) is 2.22. The van der Waals surface area contributed by atoms with Crippen molar-refractivity contribution in [3.63, 3.8) is 0 Å². The Bertz CT molecular complexity index is 893. The molecule has 0 aliphatic heterocycles. The van der Waals surface area contributed by atoms with Crippen molar-refractivity contribution in [2.75, 3.05) is 6.61 Å². The Hall–Kier alpha value is -1.96. The minimum absolute atomic E-state index is 0.266. The molecular formula is C20H21BrCl2N2O4. The number of rotatable bonds is 7. The molecule has 6 nitrogen and oxygen atoms in total. The largest absolute Gasteiger partial charge is 0.483 e. The highest BCUT2D eigenvalue weighted by atomic mass is 79.9. The summed E-state index contributed by atoms with van der Waals surface area (Å²) in [4.78, 5) is 24.0. The van der Waals surface area contributed by atoms with Crippen molar-refractivity contribution in [3.05, 3.63) is 56.5 Å². The maximum atomic E-state index is 12.1. The van der Waals surface area contributed by atoms with Crippen LogP contribution in [0.1, 0.15) is 32.3 Å². The van der Waals surface area contributed by atoms with E-state index in [4.69, 9.17) is 32.7 Å². The van der Waals surface area contributed by atoms with E-state index in [-0.39, 0.29) is 11.6 Å². The predicted molar refractivity (Wildman–Crippen MR) is 117 cm³/mol. The third kappa shape index (κ3) is 7.10. The highest BCUT2D eigenvalue weighted by molar-refractivity contribution is 9.10. The lowest BCUT2D eigenvalue weighted by Gasteiger charge is -2.16. The van der Waals surface area contributed by atoms with Gasteiger partial charge in [-0.25, -0.2) is 0 Å². The Morgan fingerprint density at radius 1 is 1.03 bits per heavy atom. The van der Waals surface area contributed by atoms with Gasteiger partial charge in [-0.05, 0) is 64.7 Å². The van der Waals surface area contributed by atoms with Crippen LogP contribution in [-0.4, -0.2) is 24.5 Å². The van der Waals surface area contributed by atoms with Crippen LogP contribution in [0.15, 0.2) is 40.9 Å². The zero-order chi connectivity index (χ0) is 21.6. The smallest absolute Gasteiger partial charge is 0.279 e. The summed E-state index contributed by atoms with van der Waals surface area (Å²) in [5, 5.41) is 0.737. The Morgan fingerprint density at radius 2 is 1.72 bits per heavy atom. The van der Waals surface area contributed by atoms with Crippen LogP contribution in [0.5, 0.6) is 11.5 Å². The summed E-state index contributed by atoms with van der Waals surface area (Å²) in [6.45, 7) is 5.43. The first-order valence-corrected chi connectivity index (χ1v) is 10.3. The standard InChI is InChI=1S/C20H21BrCl2N2O4/c1-11(2)13-4-6-17(15(21)8-13)28-10-19(26)24-25-20(27)12(3)29-18-7-5-14(22)9-16(18)23/h4-9,11-12H,10H2,1-3H3,(H,24,26)(H,25,27). The molecule has 1 unspecified atom stereocenters. The van der Waals surface area contributed by atoms with Crippen LogP contribution in [0.4, 0.5) is 0 Å². The first-order chi connectivity index (χ1) is 13.7. The van der Waals surface area contributed by atoms with Crippen molar-refractivity contribution in [1.82, 2.24) is 10.9 Å². The van der Waals surface area contributed by atoms with Gasteiger partial charge in [0.25, 0.3) is 11.8 Å². The molecule has 2 aromatic rings. The quantitative estimate of drug-likeness (QED) is 0.528. The molecule has 0 aliphatic rings. The Balaban J connectivity index is 1.80. The number of amides is 2. The van der Waals surface area contributed by atoms with Crippen LogP contribution >= 0.6 is 39.1 Å². The van der Waals surface area contributed by atoms with Gasteiger partial charge in [-0.1, -0.05) is 43.1 Å². The lowest BCUT2D eigenvalue weighted by molar-refractivity contribution is -0.133. The zero-order valence-corrected chi connectivity index (χ0v) is 19.2. The van der Waals surface area contributed by atoms with Crippen LogP contribution in [0.25, 0.3) is 0 Å². The highest BCUT2D eigenvalue weighted by Crippen LogP contribution is 2.29. The average molecular weight is 504 g/mol. The summed E-state index contributed by atoms with van der Waals surface area (Å²) in [6.07, 6.45) is -0.896. The van der Waals surface area contributed by atoms with Gasteiger partial charge < -0.3 is 9.47 Å². The van der Waals surface area contributed by atoms with E-state index in [0.29, 0.717) is 22.4 Å². The molecule has 29 heavy (non-hydrogen) atoms. The summed E-state index contributed by atoms with van der Waals surface area (Å²) in [5.41, 5.74) is 5.71. The summed E-state index contributed by atoms with van der Waals surface area (Å²) in [5.74, 6) is 0.153. The molecule has 156 valence electrons. The fourth-order valence-corrected chi connectivity index (χ4v) is 3.18. The molecule has 0 aliphatic carbocycles. The second kappa shape index (κ2) is 10.7. The summed E-state index contributed by atoms with van der Waals surface area (Å²) in [7, 11) is 0. The van der Waals surface area contributed by atoms with Gasteiger partial charge >= 0.3 is 0 Å². The molecule has 0 bridgehead atoms. The summed E-state index contributed by atoms with van der Waals surface area (Å²) < 4.78 is 11.7. The van der Waals surface area contributed by atoms with Crippen LogP contribution in [0.3, 0.4) is 0 Å². The molecule has 0 fully saturated rings. The van der Waals surface area contributed by atoms with Crippen LogP contribution in [0, 0.1) is 0 Å². The molecule has 0 radical (unpaired) electrons. The van der Waals surface area contributed by atoms with Crippen LogP contribution in [0.2, 0.25) is 10.0 Å². The monoisotopic (exact) mass is 502 g/mol. The molecule has 9 heteroatoms. The van der Waals surface area contributed by atoms with E-state index >= 15 is 0 Å². The summed E-state index contributed by atoms with van der Waals surface area (Å²) >= 11 is 15.3. The minimum atomic E-state index is -0.896. The van der Waals surface area contributed by atoms with Gasteiger partial charge in [-0.2, -0.15) is 0 Å². The third-order valence-electron chi connectivity index (χ3n) is 3.87. The topological polar surface area (TPSA) is 76.7 Å². The molecule has 2 N–H and O–H groups in total. The number of nitrogens with one attached hydrogen (secondary N) is 2. The Morgan fingerprint density at radius 3 is 2.34 bits per heavy atom. The normalized spacial score (nSPS) is 11.7. The van der Waals surface area contributed by atoms with Gasteiger partial charge in [-0.3, -0.25) is 20.4 Å². The number of halogens is 3. The zero-order valence-electron chi connectivity index (χ0n) is 16.1. The average Bonchev–Trinajstić information content (AvgIpc) is 2.66. The lowest BCUT2D eigenvalue weighted by atomic mass is 10.0. The third-order valence-corrected chi connectivity index (χ3v) is 5.02. The number of carbonyl (C=O) groups excluding carboxylic acids is 2. The summed E-state index contributed by atoms with van der Waals surface area (Å²) in [6, 6.07) is 10.3. The van der Waals surface area contributed by atoms with Gasteiger partial charge in [0, 0.05) is 5.02 Å². The molecule has 2 aromatic carbocycles. The number of hydrazine groups is 1. The molecule has 2 amide bonds. The Labute approximate surface area is 188 Å². The van der Waals surface area contributed by atoms with Crippen molar-refractivity contribution < 1.29 is 19.1 Å². The van der Waals surface area contributed by atoms with Gasteiger partial charge in [0.15, 0.2) is 12.7 Å². The minimum Gasteiger partial charge on any atom is -0.483 e. The SMILES string of the molecule is CC(Oc1ccc(Cl)cc1Cl)C(=O)NNC(=O)COc1ccc(C(C)C)cc1Br. The lowest BCUT2D eigenvalue weighted by Crippen LogP contribution is -2.48. The van der Waals surface area contributed by atoms with E-state index in [1.807, 2.05) is 12.1 Å². The van der Waals surface area contributed by atoms with E-state index in [1.165, 1.54) is 13.0 Å². The molecule has 2 rings (SSSR count). The van der Waals surface area contributed by atoms with Crippen molar-refractivity contribution in [3.8, 4) is 11.5 Å². The van der Waals surface area contributed by atoms with Crippen LogP contribution in [-0.2, 0) is 9.59 Å². The highest BCUT2D eigenvalue weighted by Gasteiger charge is 2.17. The molecule has 0 aromatic heterocycles. The fraction of sp³-hybridized carbons (Fsp3) is 0.300. The van der Waals surface area contributed by atoms with E-state index in [0.717, 1.165) is 10.0 Å². The van der Waals surface area contributed by atoms with Crippen molar-refractivity contribution >= 4 is 50.9 Å². The van der Waals surface area contributed by atoms with Crippen molar-refractivity contribution in [1.29, 1.82) is 0 Å². The molecule has 0 spiro atoms. The molecule has 0 heterocycles. The first-order valence-electron chi connectivity index (χ1n) is 8.80. The number of hydrogen-bond acceptors (Lipinski definition) is 4. The number of benzene rings is 2.